The molecule has 1 aliphatic carbocycles. The van der Waals surface area contributed by atoms with E-state index in [1.807, 2.05) is 6.92 Å². The number of carbonyl (C=O) groups is 1. The second-order valence-corrected chi connectivity index (χ2v) is 6.83. The van der Waals surface area contributed by atoms with Gasteiger partial charge in [-0.05, 0) is 52.0 Å². The number of hydrogen-bond donors (Lipinski definition) is 1. The molecular weight excluding hydrogens is 266 g/mol. The molecule has 2 aliphatic rings. The molecule has 0 spiro atoms. The predicted molar refractivity (Wildman–Crippen MR) is 84.1 cm³/mol. The highest BCUT2D eigenvalue weighted by molar-refractivity contribution is 5.79. The summed E-state index contributed by atoms with van der Waals surface area (Å²) in [6.45, 7) is 11.0. The summed E-state index contributed by atoms with van der Waals surface area (Å²) < 4.78 is 5.02. The van der Waals surface area contributed by atoms with Gasteiger partial charge >= 0.3 is 5.97 Å². The average Bonchev–Trinajstić information content (AvgIpc) is 3.25. The Morgan fingerprint density at radius 2 is 1.86 bits per heavy atom. The van der Waals surface area contributed by atoms with Crippen molar-refractivity contribution in [3.63, 3.8) is 0 Å². The van der Waals surface area contributed by atoms with E-state index in [2.05, 4.69) is 9.80 Å². The van der Waals surface area contributed by atoms with E-state index in [0.29, 0.717) is 13.0 Å². The van der Waals surface area contributed by atoms with Crippen molar-refractivity contribution in [2.24, 2.45) is 11.7 Å². The van der Waals surface area contributed by atoms with Gasteiger partial charge in [0, 0.05) is 32.7 Å². The molecule has 1 unspecified atom stereocenters. The number of esters is 1. The van der Waals surface area contributed by atoms with Crippen LogP contribution in [-0.4, -0.2) is 67.2 Å². The van der Waals surface area contributed by atoms with E-state index in [0.717, 1.165) is 32.0 Å². The molecule has 0 amide bonds. The van der Waals surface area contributed by atoms with E-state index < -0.39 is 5.54 Å². The van der Waals surface area contributed by atoms with Gasteiger partial charge in [0.15, 0.2) is 0 Å². The first-order valence-corrected chi connectivity index (χ1v) is 8.42. The molecule has 1 heterocycles. The van der Waals surface area contributed by atoms with Crippen molar-refractivity contribution >= 4 is 5.97 Å². The Morgan fingerprint density at radius 3 is 2.43 bits per heavy atom. The lowest BCUT2D eigenvalue weighted by molar-refractivity contribution is -0.149. The highest BCUT2D eigenvalue weighted by Crippen LogP contribution is 2.29. The fourth-order valence-corrected chi connectivity index (χ4v) is 2.93. The standard InChI is InChI=1S/C16H31N3O2/c1-3-21-15(20)16(2,17)7-4-8-18-9-11-19(12-10-18)13-14-5-6-14/h14H,3-13,17H2,1-2H3. The zero-order chi connectivity index (χ0) is 15.3. The third-order valence-corrected chi connectivity index (χ3v) is 4.59. The first kappa shape index (κ1) is 16.7. The predicted octanol–water partition coefficient (Wildman–Crippen LogP) is 1.07. The lowest BCUT2D eigenvalue weighted by atomic mass is 9.97. The van der Waals surface area contributed by atoms with Crippen molar-refractivity contribution in [3.8, 4) is 0 Å². The molecule has 0 aromatic heterocycles. The summed E-state index contributed by atoms with van der Waals surface area (Å²) >= 11 is 0. The average molecular weight is 297 g/mol. The van der Waals surface area contributed by atoms with Crippen LogP contribution in [0.4, 0.5) is 0 Å². The fourth-order valence-electron chi connectivity index (χ4n) is 2.93. The van der Waals surface area contributed by atoms with Crippen LogP contribution in [0.1, 0.15) is 39.5 Å². The number of rotatable bonds is 8. The largest absolute Gasteiger partial charge is 0.465 e. The molecule has 1 atom stereocenters. The SMILES string of the molecule is CCOC(=O)C(C)(N)CCCN1CCN(CC2CC2)CC1. The minimum Gasteiger partial charge on any atom is -0.465 e. The van der Waals surface area contributed by atoms with Gasteiger partial charge in [-0.1, -0.05) is 0 Å². The first-order valence-electron chi connectivity index (χ1n) is 8.42. The van der Waals surface area contributed by atoms with Crippen molar-refractivity contribution in [2.45, 2.75) is 45.1 Å². The fraction of sp³-hybridized carbons (Fsp3) is 0.938. The zero-order valence-corrected chi connectivity index (χ0v) is 13.6. The molecule has 21 heavy (non-hydrogen) atoms. The smallest absolute Gasteiger partial charge is 0.325 e. The van der Waals surface area contributed by atoms with Gasteiger partial charge < -0.3 is 20.3 Å². The van der Waals surface area contributed by atoms with Gasteiger partial charge in [0.05, 0.1) is 6.61 Å². The van der Waals surface area contributed by atoms with Crippen molar-refractivity contribution in [1.29, 1.82) is 0 Å². The summed E-state index contributed by atoms with van der Waals surface area (Å²) in [5.74, 6) is 0.707. The van der Waals surface area contributed by atoms with Gasteiger partial charge in [-0.2, -0.15) is 0 Å². The van der Waals surface area contributed by atoms with Gasteiger partial charge in [0.2, 0.25) is 0 Å². The molecule has 1 aliphatic heterocycles. The van der Waals surface area contributed by atoms with Crippen LogP contribution >= 0.6 is 0 Å². The molecule has 2 fully saturated rings. The minimum absolute atomic E-state index is 0.278. The van der Waals surface area contributed by atoms with E-state index in [9.17, 15) is 4.79 Å². The monoisotopic (exact) mass is 297 g/mol. The molecule has 1 saturated carbocycles. The Kier molecular flexibility index (Phi) is 6.02. The summed E-state index contributed by atoms with van der Waals surface area (Å²) in [5.41, 5.74) is 5.20. The molecular formula is C16H31N3O2. The van der Waals surface area contributed by atoms with Crippen molar-refractivity contribution < 1.29 is 9.53 Å². The highest BCUT2D eigenvalue weighted by atomic mass is 16.5. The lowest BCUT2D eigenvalue weighted by Crippen LogP contribution is -2.49. The van der Waals surface area contributed by atoms with E-state index in [1.54, 1.807) is 6.92 Å². The highest BCUT2D eigenvalue weighted by Gasteiger charge is 2.30. The quantitative estimate of drug-likeness (QED) is 0.679. The topological polar surface area (TPSA) is 58.8 Å². The number of nitrogens with zero attached hydrogens (tertiary/aromatic N) is 2. The normalized spacial score (nSPS) is 23.8. The lowest BCUT2D eigenvalue weighted by Gasteiger charge is -2.35. The van der Waals surface area contributed by atoms with Gasteiger partial charge in [0.25, 0.3) is 0 Å². The number of ether oxygens (including phenoxy) is 1. The Balaban J connectivity index is 1.59. The van der Waals surface area contributed by atoms with E-state index >= 15 is 0 Å². The van der Waals surface area contributed by atoms with Crippen LogP contribution in [0.5, 0.6) is 0 Å². The summed E-state index contributed by atoms with van der Waals surface area (Å²) in [6.07, 6.45) is 4.51. The molecule has 1 saturated heterocycles. The summed E-state index contributed by atoms with van der Waals surface area (Å²) in [6, 6.07) is 0. The molecule has 2 N–H and O–H groups in total. The summed E-state index contributed by atoms with van der Waals surface area (Å²) in [5, 5.41) is 0. The van der Waals surface area contributed by atoms with Crippen LogP contribution in [-0.2, 0) is 9.53 Å². The van der Waals surface area contributed by atoms with Crippen LogP contribution in [0.3, 0.4) is 0 Å². The molecule has 0 bridgehead atoms. The van der Waals surface area contributed by atoms with E-state index in [4.69, 9.17) is 10.5 Å². The molecule has 0 radical (unpaired) electrons. The van der Waals surface area contributed by atoms with E-state index in [-0.39, 0.29) is 5.97 Å². The van der Waals surface area contributed by atoms with Crippen molar-refractivity contribution in [1.82, 2.24) is 9.80 Å². The molecule has 2 rings (SSSR count). The molecule has 5 heteroatoms. The second-order valence-electron chi connectivity index (χ2n) is 6.83. The van der Waals surface area contributed by atoms with Crippen LogP contribution < -0.4 is 5.73 Å². The van der Waals surface area contributed by atoms with Gasteiger partial charge in [-0.25, -0.2) is 0 Å². The maximum atomic E-state index is 11.7. The summed E-state index contributed by atoms with van der Waals surface area (Å²) in [7, 11) is 0. The number of nitrogens with two attached hydrogens (primary N) is 1. The Labute approximate surface area is 128 Å². The second kappa shape index (κ2) is 7.56. The molecule has 0 aromatic carbocycles. The minimum atomic E-state index is -0.843. The third-order valence-electron chi connectivity index (χ3n) is 4.59. The van der Waals surface area contributed by atoms with E-state index in [1.165, 1.54) is 32.5 Å². The van der Waals surface area contributed by atoms with Crippen LogP contribution in [0.25, 0.3) is 0 Å². The maximum Gasteiger partial charge on any atom is 0.325 e. The van der Waals surface area contributed by atoms with Gasteiger partial charge in [0.1, 0.15) is 5.54 Å². The number of piperazine rings is 1. The molecule has 5 nitrogen and oxygen atoms in total. The Bertz CT molecular complexity index is 334. The zero-order valence-electron chi connectivity index (χ0n) is 13.6. The van der Waals surface area contributed by atoms with Crippen molar-refractivity contribution in [2.75, 3.05) is 45.9 Å². The summed E-state index contributed by atoms with van der Waals surface area (Å²) in [4.78, 5) is 16.8. The number of carbonyl (C=O) groups excluding carboxylic acids is 1. The first-order chi connectivity index (χ1) is 10.0. The van der Waals surface area contributed by atoms with Crippen LogP contribution in [0.15, 0.2) is 0 Å². The third kappa shape index (κ3) is 5.57. The van der Waals surface area contributed by atoms with Crippen molar-refractivity contribution in [3.05, 3.63) is 0 Å². The maximum absolute atomic E-state index is 11.7. The number of hydrogen-bond acceptors (Lipinski definition) is 5. The van der Waals surface area contributed by atoms with Crippen LogP contribution in [0, 0.1) is 5.92 Å². The van der Waals surface area contributed by atoms with Gasteiger partial charge in [-0.3, -0.25) is 4.79 Å². The molecule has 0 aromatic rings. The molecule has 122 valence electrons. The Morgan fingerprint density at radius 1 is 1.24 bits per heavy atom. The Hall–Kier alpha value is -0.650. The van der Waals surface area contributed by atoms with Gasteiger partial charge in [-0.15, -0.1) is 0 Å². The van der Waals surface area contributed by atoms with Crippen LogP contribution in [0.2, 0.25) is 0 Å².